The van der Waals surface area contributed by atoms with Gasteiger partial charge in [-0.2, -0.15) is 0 Å². The number of allylic oxidation sites excluding steroid dienone is 4. The van der Waals surface area contributed by atoms with Crippen molar-refractivity contribution in [3.8, 4) is 0 Å². The Hall–Kier alpha value is -2.72. The van der Waals surface area contributed by atoms with Crippen molar-refractivity contribution in [2.24, 2.45) is 17.8 Å². The maximum atomic E-state index is 14.1. The molecule has 0 radical (unpaired) electrons. The molecule has 0 aromatic carbocycles. The molecule has 2 heterocycles. The molecule has 12 heteroatoms. The van der Waals surface area contributed by atoms with Gasteiger partial charge in [0, 0.05) is 41.3 Å². The van der Waals surface area contributed by atoms with Gasteiger partial charge in [0.25, 0.3) is 5.91 Å². The number of nitrogens with zero attached hydrogens (tertiary/aromatic N) is 2. The Labute approximate surface area is 274 Å². The number of hydrogen-bond donors (Lipinski definition) is 2. The van der Waals surface area contributed by atoms with Crippen LogP contribution in [0, 0.1) is 17.8 Å². The maximum absolute atomic E-state index is 14.1. The minimum atomic E-state index is -2.60. The Bertz CT molecular complexity index is 1500. The van der Waals surface area contributed by atoms with Crippen molar-refractivity contribution >= 4 is 65.3 Å². The van der Waals surface area contributed by atoms with Crippen LogP contribution in [-0.4, -0.2) is 58.1 Å². The Morgan fingerprint density at radius 2 is 1.80 bits per heavy atom. The highest BCUT2D eigenvalue weighted by Gasteiger charge is 2.38. The molecule has 2 aromatic heterocycles. The fourth-order valence-electron chi connectivity index (χ4n) is 5.97. The lowest BCUT2D eigenvalue weighted by atomic mass is 9.82. The summed E-state index contributed by atoms with van der Waals surface area (Å²) >= 11 is 2.52. The van der Waals surface area contributed by atoms with Crippen LogP contribution in [0.2, 0.25) is 0 Å². The van der Waals surface area contributed by atoms with E-state index in [-0.39, 0.29) is 34.6 Å². The standard InChI is InChI=1S/C33H44N3O6PS2/c1-6-24(14-9-22(3)35-31(37)27-19-44-20-34-27)29-17-28(30(45-29)33(39)40)36(32(38)25-12-7-21(2)8-13-25)18-23-10-15-26(16-11-23)42-43(4,5)41/h9,14,17-21,23,25-26H,6-8,10-13,15-16H2,1-5H3,(H-,35,37,39,40)/p+1. The monoisotopic (exact) mass is 674 g/mol. The van der Waals surface area contributed by atoms with E-state index in [0.717, 1.165) is 61.8 Å². The number of carboxylic acids is 1. The second-order valence-electron chi connectivity index (χ2n) is 12.6. The molecule has 0 unspecified atom stereocenters. The van der Waals surface area contributed by atoms with E-state index in [0.29, 0.717) is 29.4 Å². The van der Waals surface area contributed by atoms with Crippen LogP contribution in [0.15, 0.2) is 34.8 Å². The number of thiazole rings is 1. The zero-order valence-electron chi connectivity index (χ0n) is 26.8. The molecule has 45 heavy (non-hydrogen) atoms. The minimum Gasteiger partial charge on any atom is -0.477 e. The fraction of sp³-hybridized carbons (Fsp3) is 0.545. The summed E-state index contributed by atoms with van der Waals surface area (Å²) in [6, 6.07) is 1.83. The van der Waals surface area contributed by atoms with Crippen molar-refractivity contribution in [2.75, 3.05) is 13.3 Å². The number of carbonyl (C=O) groups is 3. The van der Waals surface area contributed by atoms with Crippen LogP contribution in [-0.2, 0) is 13.9 Å². The van der Waals surface area contributed by atoms with Gasteiger partial charge in [0.2, 0.25) is 5.69 Å². The average Bonchev–Trinajstić information content (AvgIpc) is 3.68. The van der Waals surface area contributed by atoms with Gasteiger partial charge >= 0.3 is 11.9 Å². The lowest BCUT2D eigenvalue weighted by Gasteiger charge is -2.27. The molecule has 0 spiro atoms. The first-order chi connectivity index (χ1) is 21.3. The van der Waals surface area contributed by atoms with Crippen LogP contribution in [0.3, 0.4) is 0 Å². The van der Waals surface area contributed by atoms with Crippen molar-refractivity contribution in [2.45, 2.75) is 84.7 Å². The number of aromatic carboxylic acids is 1. The van der Waals surface area contributed by atoms with Crippen LogP contribution in [0.5, 0.6) is 0 Å². The molecule has 0 atom stereocenters. The number of carboxylic acid groups (broad SMARTS) is 1. The van der Waals surface area contributed by atoms with E-state index < -0.39 is 13.3 Å². The fourth-order valence-corrected chi connectivity index (χ4v) is 8.51. The highest BCUT2D eigenvalue weighted by Crippen LogP contribution is 2.43. The first kappa shape index (κ1) is 35.1. The Morgan fingerprint density at radius 3 is 2.38 bits per heavy atom. The smallest absolute Gasteiger partial charge is 0.395 e. The highest BCUT2D eigenvalue weighted by molar-refractivity contribution is 7.57. The predicted octanol–water partition coefficient (Wildman–Crippen LogP) is 8.21. The molecule has 2 aliphatic rings. The molecule has 244 valence electrons. The molecule has 0 saturated heterocycles. The average molecular weight is 675 g/mol. The number of carbonyl (C=O) groups excluding carboxylic acids is 2. The van der Waals surface area contributed by atoms with E-state index in [1.54, 1.807) is 41.8 Å². The topological polar surface area (TPSA) is 126 Å². The molecule has 0 bridgehead atoms. The zero-order valence-corrected chi connectivity index (χ0v) is 29.3. The van der Waals surface area contributed by atoms with Gasteiger partial charge in [-0.15, -0.1) is 27.2 Å². The van der Waals surface area contributed by atoms with Gasteiger partial charge in [0.1, 0.15) is 5.69 Å². The largest absolute Gasteiger partial charge is 0.477 e. The zero-order chi connectivity index (χ0) is 32.7. The Kier molecular flexibility index (Phi) is 12.3. The highest BCUT2D eigenvalue weighted by atomic mass is 32.1. The minimum absolute atomic E-state index is 0.0405. The van der Waals surface area contributed by atoms with E-state index in [4.69, 9.17) is 4.52 Å². The molecule has 2 aliphatic carbocycles. The molecule has 2 fully saturated rings. The second kappa shape index (κ2) is 15.7. The number of hydrogen-bond acceptors (Lipinski definition) is 8. The van der Waals surface area contributed by atoms with Gasteiger partial charge in [0.15, 0.2) is 18.5 Å². The lowest BCUT2D eigenvalue weighted by molar-refractivity contribution is -0.371. The summed E-state index contributed by atoms with van der Waals surface area (Å²) in [7, 11) is -2.60. The molecular formula is C33H45N3O6PS2+. The molecule has 4 rings (SSSR count). The number of thiophene rings is 1. The molecule has 2 saturated carbocycles. The normalized spacial score (nSPS) is 23.5. The van der Waals surface area contributed by atoms with Crippen LogP contribution >= 0.6 is 30.0 Å². The summed E-state index contributed by atoms with van der Waals surface area (Å²) in [5.74, 6) is -0.896. The van der Waals surface area contributed by atoms with Gasteiger partial charge in [0.05, 0.1) is 17.5 Å². The first-order valence-corrected chi connectivity index (χ1v) is 20.0. The summed E-state index contributed by atoms with van der Waals surface area (Å²) in [5.41, 5.74) is 3.90. The summed E-state index contributed by atoms with van der Waals surface area (Å²) < 4.78 is 19.6. The van der Waals surface area contributed by atoms with Gasteiger partial charge < -0.3 is 14.9 Å². The Morgan fingerprint density at radius 1 is 1.11 bits per heavy atom. The SMILES string of the molecule is CCC(=CC=C(C)NC(=O)c1cscn1)c1cc([N+](=CC2CCC(OP(C)(C)=O)CC2)C(=O)C2CCC(C)CC2)c(C(=O)O)s1. The molecular weight excluding hydrogens is 629 g/mol. The summed E-state index contributed by atoms with van der Waals surface area (Å²) in [5, 5.41) is 14.8. The van der Waals surface area contributed by atoms with E-state index in [9.17, 15) is 24.1 Å². The maximum Gasteiger partial charge on any atom is 0.395 e. The Balaban J connectivity index is 1.65. The first-order valence-electron chi connectivity index (χ1n) is 15.7. The molecule has 2 N–H and O–H groups in total. The van der Waals surface area contributed by atoms with Gasteiger partial charge in [-0.25, -0.2) is 14.6 Å². The molecule has 2 aromatic rings. The van der Waals surface area contributed by atoms with Crippen molar-refractivity contribution in [3.05, 3.63) is 50.3 Å². The van der Waals surface area contributed by atoms with Gasteiger partial charge in [-0.1, -0.05) is 19.9 Å². The van der Waals surface area contributed by atoms with Crippen LogP contribution < -0.4 is 5.32 Å². The van der Waals surface area contributed by atoms with E-state index >= 15 is 0 Å². The lowest BCUT2D eigenvalue weighted by Crippen LogP contribution is -2.32. The van der Waals surface area contributed by atoms with Gasteiger partial charge in [-0.05, 0) is 82.3 Å². The molecule has 0 aliphatic heterocycles. The van der Waals surface area contributed by atoms with Crippen LogP contribution in [0.25, 0.3) is 5.57 Å². The summed E-state index contributed by atoms with van der Waals surface area (Å²) in [6.07, 6.45) is 12.8. The number of nitrogens with one attached hydrogen (secondary N) is 1. The quantitative estimate of drug-likeness (QED) is 0.106. The van der Waals surface area contributed by atoms with Crippen LogP contribution in [0.4, 0.5) is 5.69 Å². The third-order valence-electron chi connectivity index (χ3n) is 8.46. The number of amides is 2. The second-order valence-corrected chi connectivity index (χ2v) is 17.0. The van der Waals surface area contributed by atoms with Gasteiger partial charge in [-0.3, -0.25) is 9.36 Å². The van der Waals surface area contributed by atoms with Crippen LogP contribution in [0.1, 0.15) is 104 Å². The summed E-state index contributed by atoms with van der Waals surface area (Å²) in [4.78, 5) is 44.1. The molecule has 9 nitrogen and oxygen atoms in total. The predicted molar refractivity (Wildman–Crippen MR) is 181 cm³/mol. The summed E-state index contributed by atoms with van der Waals surface area (Å²) in [6.45, 7) is 9.26. The van der Waals surface area contributed by atoms with Crippen molar-refractivity contribution < 1.29 is 33.2 Å². The molecule has 2 amide bonds. The van der Waals surface area contributed by atoms with Crippen molar-refractivity contribution in [1.82, 2.24) is 10.3 Å². The van der Waals surface area contributed by atoms with E-state index in [2.05, 4.69) is 17.2 Å². The third kappa shape index (κ3) is 9.88. The van der Waals surface area contributed by atoms with E-state index in [1.165, 1.54) is 22.7 Å². The number of rotatable bonds is 11. The number of aromatic nitrogens is 1. The third-order valence-corrected chi connectivity index (χ3v) is 11.0. The van der Waals surface area contributed by atoms with E-state index in [1.807, 2.05) is 25.3 Å². The van der Waals surface area contributed by atoms with Crippen molar-refractivity contribution in [1.29, 1.82) is 0 Å². The van der Waals surface area contributed by atoms with Crippen molar-refractivity contribution in [3.63, 3.8) is 0 Å².